The van der Waals surface area contributed by atoms with Gasteiger partial charge in [0.1, 0.15) is 0 Å². The van der Waals surface area contributed by atoms with Gasteiger partial charge in [-0.15, -0.1) is 10.2 Å². The minimum absolute atomic E-state index is 0.538. The van der Waals surface area contributed by atoms with Gasteiger partial charge in [-0.3, -0.25) is 0 Å². The van der Waals surface area contributed by atoms with Gasteiger partial charge in [0.05, 0.1) is 7.05 Å². The minimum Gasteiger partial charge on any atom is -0.167 e. The van der Waals surface area contributed by atoms with Crippen molar-refractivity contribution in [3.63, 3.8) is 0 Å². The van der Waals surface area contributed by atoms with Crippen LogP contribution in [0.1, 0.15) is 26.1 Å². The van der Waals surface area contributed by atoms with E-state index >= 15 is 0 Å². The molecule has 1 heterocycles. The molecule has 74 valence electrons. The Morgan fingerprint density at radius 2 is 2.15 bits per heavy atom. The quantitative estimate of drug-likeness (QED) is 0.758. The van der Waals surface area contributed by atoms with Crippen molar-refractivity contribution in [2.75, 3.05) is 0 Å². The van der Waals surface area contributed by atoms with Crippen LogP contribution >= 0.6 is 15.9 Å². The normalized spacial score (nSPS) is 13.6. The molecule has 0 aliphatic rings. The van der Waals surface area contributed by atoms with E-state index in [1.54, 1.807) is 7.05 Å². The summed E-state index contributed by atoms with van der Waals surface area (Å²) in [6.07, 6.45) is 1.95. The largest absolute Gasteiger partial charge is 0.174 e. The topological polar surface area (TPSA) is 43.6 Å². The molecule has 0 saturated carbocycles. The molecule has 1 rings (SSSR count). The van der Waals surface area contributed by atoms with E-state index in [0.29, 0.717) is 10.7 Å². The number of alkyl halides is 1. The number of rotatable bonds is 4. The number of halogens is 1. The van der Waals surface area contributed by atoms with Crippen molar-refractivity contribution in [1.29, 1.82) is 0 Å². The number of aromatic nitrogens is 4. The Morgan fingerprint density at radius 1 is 1.46 bits per heavy atom. The Kier molecular flexibility index (Phi) is 3.84. The average molecular weight is 247 g/mol. The van der Waals surface area contributed by atoms with Crippen molar-refractivity contribution in [1.82, 2.24) is 20.2 Å². The van der Waals surface area contributed by atoms with E-state index in [-0.39, 0.29) is 0 Å². The second-order valence-electron chi connectivity index (χ2n) is 3.49. The van der Waals surface area contributed by atoms with Crippen LogP contribution in [0.4, 0.5) is 0 Å². The summed E-state index contributed by atoms with van der Waals surface area (Å²) in [6, 6.07) is 0. The van der Waals surface area contributed by atoms with E-state index in [1.807, 2.05) is 0 Å². The predicted molar refractivity (Wildman–Crippen MR) is 54.7 cm³/mol. The van der Waals surface area contributed by atoms with Gasteiger partial charge in [-0.1, -0.05) is 29.8 Å². The van der Waals surface area contributed by atoms with Gasteiger partial charge in [-0.05, 0) is 17.6 Å². The lowest BCUT2D eigenvalue weighted by atomic mass is 10.1. The van der Waals surface area contributed by atoms with Gasteiger partial charge in [-0.25, -0.2) is 0 Å². The molecule has 0 aliphatic heterocycles. The Hall–Kier alpha value is -0.450. The molecule has 0 bridgehead atoms. The number of nitrogens with zero attached hydrogens (tertiary/aromatic N) is 4. The molecule has 0 spiro atoms. The number of tetrazole rings is 1. The zero-order valence-electron chi connectivity index (χ0n) is 8.24. The van der Waals surface area contributed by atoms with Crippen LogP contribution in [0, 0.1) is 5.92 Å². The summed E-state index contributed by atoms with van der Waals surface area (Å²) >= 11 is 3.62. The molecule has 5 heteroatoms. The highest BCUT2D eigenvalue weighted by Gasteiger charge is 2.10. The van der Waals surface area contributed by atoms with E-state index < -0.39 is 0 Å². The summed E-state index contributed by atoms with van der Waals surface area (Å²) in [6.45, 7) is 4.40. The van der Waals surface area contributed by atoms with Crippen LogP contribution in [-0.4, -0.2) is 25.0 Å². The lowest BCUT2D eigenvalue weighted by Crippen LogP contribution is -2.08. The summed E-state index contributed by atoms with van der Waals surface area (Å²) in [5.74, 6) is 1.48. The summed E-state index contributed by atoms with van der Waals surface area (Å²) in [7, 11) is 1.78. The van der Waals surface area contributed by atoms with Crippen molar-refractivity contribution in [2.24, 2.45) is 13.0 Å². The molecule has 1 unspecified atom stereocenters. The highest BCUT2D eigenvalue weighted by atomic mass is 79.9. The van der Waals surface area contributed by atoms with Crippen LogP contribution in [0.25, 0.3) is 0 Å². The molecule has 13 heavy (non-hydrogen) atoms. The summed E-state index contributed by atoms with van der Waals surface area (Å²) in [4.78, 5) is 2.03. The van der Waals surface area contributed by atoms with Crippen molar-refractivity contribution in [2.45, 2.75) is 31.5 Å². The zero-order valence-corrected chi connectivity index (χ0v) is 9.82. The predicted octanol–water partition coefficient (Wildman–Crippen LogP) is 1.56. The summed E-state index contributed by atoms with van der Waals surface area (Å²) in [5, 5.41) is 11.8. The standard InChI is InChI=1S/C8H15BrN4/c1-6(2)7(9)4-5-8-10-12-13(3)11-8/h6-7H,4-5H2,1-3H3. The monoisotopic (exact) mass is 246 g/mol. The first kappa shape index (κ1) is 10.6. The highest BCUT2D eigenvalue weighted by molar-refractivity contribution is 9.09. The second kappa shape index (κ2) is 4.69. The maximum absolute atomic E-state index is 4.12. The molecule has 0 aromatic carbocycles. The maximum Gasteiger partial charge on any atom is 0.174 e. The molecule has 0 fully saturated rings. The molecule has 0 amide bonds. The van der Waals surface area contributed by atoms with E-state index in [2.05, 4.69) is 45.2 Å². The third-order valence-electron chi connectivity index (χ3n) is 1.92. The third kappa shape index (κ3) is 3.42. The van der Waals surface area contributed by atoms with Gasteiger partial charge in [0.25, 0.3) is 0 Å². The van der Waals surface area contributed by atoms with Crippen LogP contribution in [0.15, 0.2) is 0 Å². The Labute approximate surface area is 86.8 Å². The fourth-order valence-electron chi connectivity index (χ4n) is 1.02. The molecule has 0 aliphatic carbocycles. The fraction of sp³-hybridized carbons (Fsp3) is 0.875. The van der Waals surface area contributed by atoms with Crippen molar-refractivity contribution in [3.8, 4) is 0 Å². The van der Waals surface area contributed by atoms with Gasteiger partial charge in [0.2, 0.25) is 0 Å². The molecular formula is C8H15BrN4. The number of aryl methyl sites for hydroxylation is 2. The van der Waals surface area contributed by atoms with Crippen LogP contribution in [0.2, 0.25) is 0 Å². The van der Waals surface area contributed by atoms with E-state index in [0.717, 1.165) is 18.7 Å². The van der Waals surface area contributed by atoms with E-state index in [1.165, 1.54) is 4.80 Å². The van der Waals surface area contributed by atoms with Crippen molar-refractivity contribution >= 4 is 15.9 Å². The molecule has 0 saturated heterocycles. The van der Waals surface area contributed by atoms with Crippen molar-refractivity contribution < 1.29 is 0 Å². The zero-order chi connectivity index (χ0) is 9.84. The first-order valence-corrected chi connectivity index (χ1v) is 5.38. The van der Waals surface area contributed by atoms with Gasteiger partial charge >= 0.3 is 0 Å². The highest BCUT2D eigenvalue weighted by Crippen LogP contribution is 2.17. The van der Waals surface area contributed by atoms with Gasteiger partial charge in [0.15, 0.2) is 5.82 Å². The third-order valence-corrected chi connectivity index (χ3v) is 3.43. The summed E-state index contributed by atoms with van der Waals surface area (Å²) in [5.41, 5.74) is 0. The Balaban J connectivity index is 2.35. The molecule has 0 radical (unpaired) electrons. The number of hydrogen-bond donors (Lipinski definition) is 0. The lowest BCUT2D eigenvalue weighted by molar-refractivity contribution is 0.572. The number of hydrogen-bond acceptors (Lipinski definition) is 3. The van der Waals surface area contributed by atoms with Crippen LogP contribution < -0.4 is 0 Å². The lowest BCUT2D eigenvalue weighted by Gasteiger charge is -2.11. The molecule has 0 N–H and O–H groups in total. The van der Waals surface area contributed by atoms with Crippen LogP contribution in [0.3, 0.4) is 0 Å². The molecular weight excluding hydrogens is 232 g/mol. The average Bonchev–Trinajstić information content (AvgIpc) is 2.47. The summed E-state index contributed by atoms with van der Waals surface area (Å²) < 4.78 is 0. The SMILES string of the molecule is CC(C)C(Br)CCc1nnn(C)n1. The fourth-order valence-corrected chi connectivity index (χ4v) is 1.25. The Morgan fingerprint density at radius 3 is 2.62 bits per heavy atom. The van der Waals surface area contributed by atoms with Gasteiger partial charge in [0, 0.05) is 11.2 Å². The maximum atomic E-state index is 4.12. The smallest absolute Gasteiger partial charge is 0.167 e. The molecule has 1 atom stereocenters. The van der Waals surface area contributed by atoms with Crippen LogP contribution in [0.5, 0.6) is 0 Å². The van der Waals surface area contributed by atoms with Gasteiger partial charge < -0.3 is 0 Å². The Bertz CT molecular complexity index is 258. The van der Waals surface area contributed by atoms with E-state index in [9.17, 15) is 0 Å². The minimum atomic E-state index is 0.538. The molecule has 1 aromatic rings. The molecule has 4 nitrogen and oxygen atoms in total. The van der Waals surface area contributed by atoms with Gasteiger partial charge in [-0.2, -0.15) is 4.80 Å². The first-order chi connectivity index (χ1) is 6.09. The molecule has 1 aromatic heterocycles. The first-order valence-electron chi connectivity index (χ1n) is 4.46. The van der Waals surface area contributed by atoms with E-state index in [4.69, 9.17) is 0 Å². The van der Waals surface area contributed by atoms with Crippen LogP contribution in [-0.2, 0) is 13.5 Å². The second-order valence-corrected chi connectivity index (χ2v) is 4.67. The van der Waals surface area contributed by atoms with Crippen molar-refractivity contribution in [3.05, 3.63) is 5.82 Å².